The van der Waals surface area contributed by atoms with Crippen molar-refractivity contribution in [3.63, 3.8) is 0 Å². The van der Waals surface area contributed by atoms with E-state index >= 15 is 0 Å². The molecule has 3 amide bonds. The predicted octanol–water partition coefficient (Wildman–Crippen LogP) is 2.33. The molecule has 9 nitrogen and oxygen atoms in total. The Hall–Kier alpha value is -3.36. The summed E-state index contributed by atoms with van der Waals surface area (Å²) in [6.07, 6.45) is 0.326. The number of likely N-dealkylation sites (N-methyl/N-ethyl adjacent to an activating group) is 1. The molecule has 0 unspecified atom stereocenters. The second-order valence-corrected chi connectivity index (χ2v) is 6.57. The van der Waals surface area contributed by atoms with Gasteiger partial charge in [0.2, 0.25) is 11.7 Å². The van der Waals surface area contributed by atoms with Gasteiger partial charge in [-0.25, -0.2) is 9.59 Å². The first-order valence-corrected chi connectivity index (χ1v) is 9.31. The van der Waals surface area contributed by atoms with Crippen molar-refractivity contribution in [3.8, 4) is 0 Å². The number of benzene rings is 1. The lowest BCUT2D eigenvalue weighted by molar-refractivity contribution is -0.145. The second-order valence-electron chi connectivity index (χ2n) is 6.57. The number of imide groups is 1. The molecule has 0 bridgehead atoms. The number of urea groups is 1. The SMILES string of the molecule is CCOC(=O)c1oc2ccccc2c1COC(=O)CCCN1C(=O)CN(C)C1=O. The van der Waals surface area contributed by atoms with Crippen LogP contribution in [0.2, 0.25) is 0 Å². The maximum atomic E-state index is 12.2. The molecule has 0 atom stereocenters. The van der Waals surface area contributed by atoms with Gasteiger partial charge in [-0.3, -0.25) is 14.5 Å². The number of carbonyl (C=O) groups excluding carboxylic acids is 4. The van der Waals surface area contributed by atoms with Gasteiger partial charge in [0.05, 0.1) is 12.2 Å². The summed E-state index contributed by atoms with van der Waals surface area (Å²) in [6.45, 7) is 1.94. The molecule has 2 aromatic rings. The smallest absolute Gasteiger partial charge is 0.374 e. The Bertz CT molecular complexity index is 949. The fraction of sp³-hybridized carbons (Fsp3) is 0.400. The zero-order valence-corrected chi connectivity index (χ0v) is 16.3. The number of hydrogen-bond donors (Lipinski definition) is 0. The minimum atomic E-state index is -0.620. The fourth-order valence-corrected chi connectivity index (χ4v) is 3.10. The van der Waals surface area contributed by atoms with Crippen LogP contribution in [0.15, 0.2) is 28.7 Å². The van der Waals surface area contributed by atoms with Gasteiger partial charge in [-0.05, 0) is 19.4 Å². The minimum absolute atomic E-state index is 0.0112. The van der Waals surface area contributed by atoms with E-state index < -0.39 is 11.9 Å². The third-order valence-corrected chi connectivity index (χ3v) is 4.53. The largest absolute Gasteiger partial charge is 0.461 e. The molecule has 1 aliphatic heterocycles. The first-order chi connectivity index (χ1) is 13.9. The maximum absolute atomic E-state index is 12.2. The van der Waals surface area contributed by atoms with E-state index in [0.717, 1.165) is 4.90 Å². The van der Waals surface area contributed by atoms with Crippen molar-refractivity contribution in [2.45, 2.75) is 26.4 Å². The van der Waals surface area contributed by atoms with E-state index in [1.54, 1.807) is 38.2 Å². The van der Waals surface area contributed by atoms with E-state index in [2.05, 4.69) is 0 Å². The van der Waals surface area contributed by atoms with Gasteiger partial charge in [-0.1, -0.05) is 18.2 Å². The van der Waals surface area contributed by atoms with Crippen LogP contribution >= 0.6 is 0 Å². The maximum Gasteiger partial charge on any atom is 0.374 e. The van der Waals surface area contributed by atoms with Crippen LogP contribution in [0.4, 0.5) is 4.79 Å². The van der Waals surface area contributed by atoms with Crippen LogP contribution in [0.1, 0.15) is 35.9 Å². The molecule has 0 radical (unpaired) electrons. The summed E-state index contributed by atoms with van der Waals surface area (Å²) in [7, 11) is 1.55. The number of rotatable bonds is 8. The highest BCUT2D eigenvalue weighted by Gasteiger charge is 2.33. The van der Waals surface area contributed by atoms with Crippen molar-refractivity contribution in [2.75, 3.05) is 26.7 Å². The van der Waals surface area contributed by atoms with Gasteiger partial charge in [0.1, 0.15) is 18.7 Å². The van der Waals surface area contributed by atoms with Crippen LogP contribution < -0.4 is 0 Å². The van der Waals surface area contributed by atoms with E-state index in [0.29, 0.717) is 23.0 Å². The molecule has 0 aliphatic carbocycles. The molecule has 1 aromatic heterocycles. The molecule has 0 N–H and O–H groups in total. The number of fused-ring (bicyclic) bond motifs is 1. The van der Waals surface area contributed by atoms with Gasteiger partial charge in [0.25, 0.3) is 0 Å². The number of amides is 3. The van der Waals surface area contributed by atoms with E-state index in [1.165, 1.54) is 4.90 Å². The van der Waals surface area contributed by atoms with E-state index in [1.807, 2.05) is 0 Å². The molecule has 0 saturated carbocycles. The quantitative estimate of drug-likeness (QED) is 0.493. The minimum Gasteiger partial charge on any atom is -0.461 e. The van der Waals surface area contributed by atoms with Gasteiger partial charge in [0.15, 0.2) is 0 Å². The Morgan fingerprint density at radius 2 is 1.93 bits per heavy atom. The number of carbonyl (C=O) groups is 4. The molecule has 0 spiro atoms. The standard InChI is InChI=1S/C20H22N2O7/c1-3-27-19(25)18-14(13-7-4-5-8-15(13)29-18)12-28-17(24)9-6-10-22-16(23)11-21(2)20(22)26/h4-5,7-8H,3,6,9-12H2,1-2H3. The lowest BCUT2D eigenvalue weighted by Gasteiger charge is -2.13. The highest BCUT2D eigenvalue weighted by atomic mass is 16.5. The molecule has 9 heteroatoms. The summed E-state index contributed by atoms with van der Waals surface area (Å²) in [4.78, 5) is 50.2. The van der Waals surface area contributed by atoms with Crippen LogP contribution in [0, 0.1) is 0 Å². The molecule has 2 heterocycles. The lowest BCUT2D eigenvalue weighted by atomic mass is 10.1. The number of hydrogen-bond acceptors (Lipinski definition) is 7. The molecule has 1 fully saturated rings. The van der Waals surface area contributed by atoms with Crippen molar-refractivity contribution in [3.05, 3.63) is 35.6 Å². The zero-order chi connectivity index (χ0) is 21.0. The normalized spacial score (nSPS) is 14.0. The van der Waals surface area contributed by atoms with Gasteiger partial charge in [-0.2, -0.15) is 0 Å². The molecule has 1 aromatic carbocycles. The van der Waals surface area contributed by atoms with E-state index in [4.69, 9.17) is 13.9 Å². The Kier molecular flexibility index (Phi) is 6.16. The third-order valence-electron chi connectivity index (χ3n) is 4.53. The molecule has 1 aliphatic rings. The summed E-state index contributed by atoms with van der Waals surface area (Å²) in [5, 5.41) is 0.666. The Morgan fingerprint density at radius 3 is 2.62 bits per heavy atom. The summed E-state index contributed by atoms with van der Waals surface area (Å²) < 4.78 is 15.9. The number of furan rings is 1. The van der Waals surface area contributed by atoms with Crippen LogP contribution in [-0.4, -0.2) is 60.4 Å². The lowest BCUT2D eigenvalue weighted by Crippen LogP contribution is -2.32. The fourth-order valence-electron chi connectivity index (χ4n) is 3.10. The summed E-state index contributed by atoms with van der Waals surface area (Å²) in [5.41, 5.74) is 0.940. The van der Waals surface area contributed by atoms with E-state index in [-0.39, 0.29) is 50.4 Å². The van der Waals surface area contributed by atoms with Gasteiger partial charge in [0, 0.05) is 25.4 Å². The number of esters is 2. The van der Waals surface area contributed by atoms with Crippen LogP contribution in [-0.2, 0) is 25.7 Å². The molecule has 154 valence electrons. The predicted molar refractivity (Wildman–Crippen MR) is 101 cm³/mol. The van der Waals surface area contributed by atoms with Gasteiger partial charge >= 0.3 is 18.0 Å². The summed E-state index contributed by atoms with van der Waals surface area (Å²) >= 11 is 0. The molecule has 1 saturated heterocycles. The van der Waals surface area contributed by atoms with Crippen LogP contribution in [0.5, 0.6) is 0 Å². The first kappa shape index (κ1) is 20.4. The average Bonchev–Trinajstić information content (AvgIpc) is 3.18. The van der Waals surface area contributed by atoms with Crippen molar-refractivity contribution < 1.29 is 33.1 Å². The van der Waals surface area contributed by atoms with Crippen molar-refractivity contribution in [1.29, 1.82) is 0 Å². The Balaban J connectivity index is 1.59. The Morgan fingerprint density at radius 1 is 1.17 bits per heavy atom. The van der Waals surface area contributed by atoms with Gasteiger partial charge in [-0.15, -0.1) is 0 Å². The molecule has 3 rings (SSSR count). The number of nitrogens with zero attached hydrogens (tertiary/aromatic N) is 2. The first-order valence-electron chi connectivity index (χ1n) is 9.31. The average molecular weight is 402 g/mol. The Labute approximate surface area is 167 Å². The van der Waals surface area contributed by atoms with Crippen molar-refractivity contribution >= 4 is 34.8 Å². The molecule has 29 heavy (non-hydrogen) atoms. The van der Waals surface area contributed by atoms with Crippen LogP contribution in [0.3, 0.4) is 0 Å². The number of ether oxygens (including phenoxy) is 2. The zero-order valence-electron chi connectivity index (χ0n) is 16.3. The third kappa shape index (κ3) is 4.39. The number of para-hydroxylation sites is 1. The summed E-state index contributed by atoms with van der Waals surface area (Å²) in [5.74, 6) is -1.39. The van der Waals surface area contributed by atoms with Crippen LogP contribution in [0.25, 0.3) is 11.0 Å². The van der Waals surface area contributed by atoms with Gasteiger partial charge < -0.3 is 18.8 Å². The highest BCUT2D eigenvalue weighted by molar-refractivity contribution is 6.01. The second kappa shape index (κ2) is 8.76. The summed E-state index contributed by atoms with van der Waals surface area (Å²) in [6, 6.07) is 6.68. The monoisotopic (exact) mass is 402 g/mol. The topological polar surface area (TPSA) is 106 Å². The molecular weight excluding hydrogens is 380 g/mol. The van der Waals surface area contributed by atoms with Crippen molar-refractivity contribution in [2.24, 2.45) is 0 Å². The molecular formula is C20H22N2O7. The highest BCUT2D eigenvalue weighted by Crippen LogP contribution is 2.27. The van der Waals surface area contributed by atoms with Crippen molar-refractivity contribution in [1.82, 2.24) is 9.80 Å². The van der Waals surface area contributed by atoms with E-state index in [9.17, 15) is 19.2 Å².